The number of methoxy groups -OCH3 is 2. The van der Waals surface area contributed by atoms with Crippen LogP contribution in [0.3, 0.4) is 0 Å². The molecule has 18 nitrogen and oxygen atoms in total. The van der Waals surface area contributed by atoms with Crippen molar-refractivity contribution in [2.24, 2.45) is 0 Å². The number of hydrogen-bond acceptors (Lipinski definition) is 12. The van der Waals surface area contributed by atoms with Crippen LogP contribution in [-0.4, -0.2) is 76.4 Å². The Labute approximate surface area is 464 Å². The molecule has 0 bridgehead atoms. The van der Waals surface area contributed by atoms with Gasteiger partial charge in [-0.3, -0.25) is 20.2 Å². The minimum Gasteiger partial charge on any atom is -0.496 e. The summed E-state index contributed by atoms with van der Waals surface area (Å²) in [7, 11) is -5.44. The molecule has 4 amide bonds. The SMILES string of the molecule is CCC(C)OC(=O)Nc1ccc2c(c1)c(Cc1ccc(C(=O)NS(=O)(=O)c3ccccc3C)cc1OC)cn2Cn1cc(Cc2ccc(C(=O)NS(=O)(=O)c3ccccc3C)cc2OC)c2cc(NC(=O)OC3CCCC3)ccc21. The van der Waals surface area contributed by atoms with Gasteiger partial charge in [-0.25, -0.2) is 35.9 Å². The predicted molar refractivity (Wildman–Crippen MR) is 305 cm³/mol. The van der Waals surface area contributed by atoms with E-state index in [-0.39, 0.29) is 52.6 Å². The van der Waals surface area contributed by atoms with Gasteiger partial charge in [0.15, 0.2) is 0 Å². The Morgan fingerprint density at radius 3 is 1.48 bits per heavy atom. The lowest BCUT2D eigenvalue weighted by Crippen LogP contribution is -2.31. The number of rotatable bonds is 19. The van der Waals surface area contributed by atoms with E-state index in [0.717, 1.165) is 58.6 Å². The highest BCUT2D eigenvalue weighted by Crippen LogP contribution is 2.35. The molecule has 4 N–H and O–H groups in total. The summed E-state index contributed by atoms with van der Waals surface area (Å²) in [6, 6.07) is 33.4. The Hall–Kier alpha value is -8.62. The summed E-state index contributed by atoms with van der Waals surface area (Å²) in [5, 5.41) is 7.35. The third kappa shape index (κ3) is 12.6. The lowest BCUT2D eigenvalue weighted by Gasteiger charge is -2.13. The first-order chi connectivity index (χ1) is 38.3. The quantitative estimate of drug-likeness (QED) is 0.0592. The number of nitrogens with one attached hydrogen (secondary N) is 4. The van der Waals surface area contributed by atoms with Crippen LogP contribution in [0, 0.1) is 13.8 Å². The molecule has 1 aliphatic carbocycles. The van der Waals surface area contributed by atoms with Gasteiger partial charge in [0, 0.05) is 69.5 Å². The lowest BCUT2D eigenvalue weighted by molar-refractivity contribution is 0.0972. The number of carbonyl (C=O) groups excluding carboxylic acids is 4. The van der Waals surface area contributed by atoms with Crippen molar-refractivity contribution in [2.45, 2.75) is 101 Å². The van der Waals surface area contributed by atoms with Gasteiger partial charge in [0.05, 0.1) is 30.7 Å². The number of aromatic nitrogens is 2. The zero-order valence-corrected chi connectivity index (χ0v) is 46.8. The van der Waals surface area contributed by atoms with Crippen LogP contribution in [0.2, 0.25) is 0 Å². The number of anilines is 2. The summed E-state index contributed by atoms with van der Waals surface area (Å²) in [4.78, 5) is 53.1. The van der Waals surface area contributed by atoms with Crippen molar-refractivity contribution in [3.63, 3.8) is 0 Å². The summed E-state index contributed by atoms with van der Waals surface area (Å²) < 4.78 is 84.5. The van der Waals surface area contributed by atoms with Crippen LogP contribution in [-0.2, 0) is 49.0 Å². The highest BCUT2D eigenvalue weighted by molar-refractivity contribution is 7.90. The predicted octanol–water partition coefficient (Wildman–Crippen LogP) is 11.0. The van der Waals surface area contributed by atoms with E-state index in [0.29, 0.717) is 51.5 Å². The Morgan fingerprint density at radius 1 is 0.588 bits per heavy atom. The van der Waals surface area contributed by atoms with E-state index in [9.17, 15) is 36.0 Å². The Morgan fingerprint density at radius 2 is 1.04 bits per heavy atom. The number of ether oxygens (including phenoxy) is 4. The fourth-order valence-corrected chi connectivity index (χ4v) is 12.4. The van der Waals surface area contributed by atoms with E-state index in [1.807, 2.05) is 50.5 Å². The fraction of sp³-hybridized carbons (Fsp3) is 0.267. The number of amides is 4. The number of hydrogen-bond donors (Lipinski definition) is 4. The maximum atomic E-state index is 13.5. The summed E-state index contributed by atoms with van der Waals surface area (Å²) in [5.41, 5.74) is 6.74. The van der Waals surface area contributed by atoms with Crippen molar-refractivity contribution in [3.05, 3.63) is 178 Å². The highest BCUT2D eigenvalue weighted by Gasteiger charge is 2.25. The average molecular weight is 1120 g/mol. The van der Waals surface area contributed by atoms with Gasteiger partial charge in [0.1, 0.15) is 23.7 Å². The monoisotopic (exact) mass is 1120 g/mol. The van der Waals surface area contributed by atoms with E-state index < -0.39 is 44.0 Å². The number of nitrogens with zero attached hydrogens (tertiary/aromatic N) is 2. The number of aryl methyl sites for hydroxylation is 2. The molecule has 0 radical (unpaired) electrons. The number of benzene rings is 6. The summed E-state index contributed by atoms with van der Waals surface area (Å²) in [6.07, 6.45) is 7.20. The average Bonchev–Trinajstić information content (AvgIpc) is 4.33. The van der Waals surface area contributed by atoms with Crippen molar-refractivity contribution >= 4 is 77.2 Å². The topological polar surface area (TPSA) is 231 Å². The molecule has 416 valence electrons. The molecule has 2 aromatic heterocycles. The molecule has 9 rings (SSSR count). The minimum absolute atomic E-state index is 0.0101. The van der Waals surface area contributed by atoms with Crippen molar-refractivity contribution in [1.82, 2.24) is 18.6 Å². The second-order valence-electron chi connectivity index (χ2n) is 19.8. The van der Waals surface area contributed by atoms with Crippen molar-refractivity contribution < 1.29 is 55.0 Å². The molecule has 20 heteroatoms. The van der Waals surface area contributed by atoms with Crippen LogP contribution in [0.5, 0.6) is 11.5 Å². The van der Waals surface area contributed by atoms with E-state index in [1.165, 1.54) is 44.6 Å². The van der Waals surface area contributed by atoms with Crippen LogP contribution < -0.4 is 29.6 Å². The van der Waals surface area contributed by atoms with Gasteiger partial charge >= 0.3 is 12.2 Å². The van der Waals surface area contributed by atoms with Crippen molar-refractivity contribution in [3.8, 4) is 11.5 Å². The molecule has 0 saturated heterocycles. The molecule has 0 aliphatic heterocycles. The molecule has 1 saturated carbocycles. The van der Waals surface area contributed by atoms with Crippen LogP contribution in [0.4, 0.5) is 21.0 Å². The van der Waals surface area contributed by atoms with Crippen molar-refractivity contribution in [1.29, 1.82) is 0 Å². The summed E-state index contributed by atoms with van der Waals surface area (Å²) in [6.45, 7) is 7.29. The molecular weight excluding hydrogens is 1060 g/mol. The van der Waals surface area contributed by atoms with E-state index >= 15 is 0 Å². The number of sulfonamides is 2. The van der Waals surface area contributed by atoms with Gasteiger partial charge in [0.2, 0.25) is 0 Å². The lowest BCUT2D eigenvalue weighted by atomic mass is 10.0. The van der Waals surface area contributed by atoms with E-state index in [4.69, 9.17) is 18.9 Å². The first kappa shape index (κ1) is 56.1. The molecule has 1 atom stereocenters. The molecule has 0 spiro atoms. The van der Waals surface area contributed by atoms with Crippen LogP contribution in [0.15, 0.2) is 144 Å². The zero-order chi connectivity index (χ0) is 56.9. The Kier molecular flexibility index (Phi) is 16.7. The van der Waals surface area contributed by atoms with E-state index in [1.54, 1.807) is 80.6 Å². The summed E-state index contributed by atoms with van der Waals surface area (Å²) in [5.74, 6) is -0.972. The first-order valence-electron chi connectivity index (χ1n) is 26.1. The molecule has 1 unspecified atom stereocenters. The normalized spacial score (nSPS) is 13.2. The highest BCUT2D eigenvalue weighted by atomic mass is 32.2. The largest absolute Gasteiger partial charge is 0.496 e. The standard InChI is InChI=1S/C60H62N6O12S2/c1-7-39(4)77-59(69)61-46-24-26-51-49(32-46)44(28-40-20-22-42(30-53(40)75-5)57(67)63-79(71,72)55-18-12-8-14-37(55)2)34-65(51)36-66-35-45(50-33-47(25-27-52(50)66)62-60(70)78-48-16-10-11-17-48)29-41-21-23-43(31-54(41)76-6)58(68)64-80(73,74)56-19-13-9-15-38(56)3/h8-9,12-15,18-27,30-35,39,48H,7,10-11,16-17,28-29,36H2,1-6H3,(H,61,69)(H,62,70)(H,63,67)(H,64,68). The maximum absolute atomic E-state index is 13.5. The maximum Gasteiger partial charge on any atom is 0.411 e. The molecule has 2 heterocycles. The van der Waals surface area contributed by atoms with Crippen molar-refractivity contribution in [2.75, 3.05) is 24.9 Å². The van der Waals surface area contributed by atoms with Gasteiger partial charge in [-0.2, -0.15) is 0 Å². The fourth-order valence-electron chi connectivity index (χ4n) is 9.96. The number of fused-ring (bicyclic) bond motifs is 2. The number of carbonyl (C=O) groups is 4. The molecule has 6 aromatic carbocycles. The van der Waals surface area contributed by atoms with Gasteiger partial charge in [-0.15, -0.1) is 0 Å². The van der Waals surface area contributed by atoms with Gasteiger partial charge in [-0.1, -0.05) is 55.5 Å². The smallest absolute Gasteiger partial charge is 0.411 e. The first-order valence-corrected chi connectivity index (χ1v) is 29.1. The molecule has 1 fully saturated rings. The zero-order valence-electron chi connectivity index (χ0n) is 45.1. The second kappa shape index (κ2) is 23.8. The second-order valence-corrected chi connectivity index (χ2v) is 23.1. The van der Waals surface area contributed by atoms with Crippen LogP contribution >= 0.6 is 0 Å². The summed E-state index contributed by atoms with van der Waals surface area (Å²) >= 11 is 0. The molecule has 1 aliphatic rings. The molecule has 80 heavy (non-hydrogen) atoms. The van der Waals surface area contributed by atoms with Crippen LogP contribution in [0.25, 0.3) is 21.8 Å². The van der Waals surface area contributed by atoms with Crippen LogP contribution in [0.1, 0.15) is 100 Å². The minimum atomic E-state index is -4.19. The van der Waals surface area contributed by atoms with Gasteiger partial charge < -0.3 is 28.1 Å². The third-order valence-electron chi connectivity index (χ3n) is 14.3. The van der Waals surface area contributed by atoms with Gasteiger partial charge in [-0.05, 0) is 159 Å². The Bertz CT molecular complexity index is 3920. The molecule has 8 aromatic rings. The molecular formula is C60H62N6O12S2. The van der Waals surface area contributed by atoms with E-state index in [2.05, 4.69) is 29.2 Å². The Balaban J connectivity index is 1.06. The van der Waals surface area contributed by atoms with Gasteiger partial charge in [0.25, 0.3) is 31.9 Å². The third-order valence-corrected chi connectivity index (χ3v) is 17.2.